The molecule has 0 saturated carbocycles. The van der Waals surface area contributed by atoms with Crippen molar-refractivity contribution in [3.63, 3.8) is 0 Å². The summed E-state index contributed by atoms with van der Waals surface area (Å²) < 4.78 is 7.68. The number of hydrogen-bond acceptors (Lipinski definition) is 6. The van der Waals surface area contributed by atoms with Crippen LogP contribution in [0.2, 0.25) is 0 Å². The molecule has 0 amide bonds. The maximum Gasteiger partial charge on any atom is 0.146 e. The minimum atomic E-state index is 0.784. The first-order valence-electron chi connectivity index (χ1n) is 9.97. The molecule has 0 radical (unpaired) electrons. The number of aromatic nitrogens is 4. The number of fused-ring (bicyclic) bond motifs is 1. The van der Waals surface area contributed by atoms with Crippen molar-refractivity contribution in [1.82, 2.24) is 24.4 Å². The molecule has 7 heteroatoms. The summed E-state index contributed by atoms with van der Waals surface area (Å²) in [7, 11) is 0. The highest BCUT2D eigenvalue weighted by molar-refractivity contribution is 5.91. The number of nitrogens with one attached hydrogen (secondary N) is 1. The summed E-state index contributed by atoms with van der Waals surface area (Å²) in [6.45, 7) is 10.9. The van der Waals surface area contributed by atoms with Crippen molar-refractivity contribution in [3.05, 3.63) is 47.7 Å². The molecule has 3 aromatic rings. The highest BCUT2D eigenvalue weighted by atomic mass is 16.5. The topological polar surface area (TPSA) is 68.1 Å². The second-order valence-corrected chi connectivity index (χ2v) is 7.31. The first kappa shape index (κ1) is 18.8. The van der Waals surface area contributed by atoms with E-state index in [1.807, 2.05) is 24.5 Å². The second kappa shape index (κ2) is 8.67. The van der Waals surface area contributed by atoms with Crippen LogP contribution in [0.3, 0.4) is 0 Å². The lowest BCUT2D eigenvalue weighted by atomic mass is 10.2. The Labute approximate surface area is 165 Å². The molecule has 1 fully saturated rings. The van der Waals surface area contributed by atoms with E-state index in [1.165, 1.54) is 16.8 Å². The minimum Gasteiger partial charge on any atom is -0.379 e. The molecule has 28 heavy (non-hydrogen) atoms. The van der Waals surface area contributed by atoms with Gasteiger partial charge < -0.3 is 14.6 Å². The summed E-state index contributed by atoms with van der Waals surface area (Å²) in [5.74, 6) is 0.932. The van der Waals surface area contributed by atoms with Crippen LogP contribution in [-0.4, -0.2) is 63.8 Å². The molecule has 7 nitrogen and oxygen atoms in total. The summed E-state index contributed by atoms with van der Waals surface area (Å²) in [5.41, 5.74) is 4.66. The van der Waals surface area contributed by atoms with Crippen molar-refractivity contribution in [2.45, 2.75) is 26.8 Å². The molecular formula is C21H28N6O. The van der Waals surface area contributed by atoms with E-state index in [0.717, 1.165) is 69.2 Å². The van der Waals surface area contributed by atoms with Gasteiger partial charge in [0.15, 0.2) is 0 Å². The van der Waals surface area contributed by atoms with Gasteiger partial charge >= 0.3 is 0 Å². The fraction of sp³-hybridized carbons (Fsp3) is 0.476. The van der Waals surface area contributed by atoms with E-state index in [9.17, 15) is 0 Å². The van der Waals surface area contributed by atoms with Gasteiger partial charge in [0.25, 0.3) is 0 Å². The van der Waals surface area contributed by atoms with E-state index in [1.54, 1.807) is 6.33 Å². The lowest BCUT2D eigenvalue weighted by molar-refractivity contribution is 0.0378. The van der Waals surface area contributed by atoms with Crippen LogP contribution in [-0.2, 0) is 11.3 Å². The van der Waals surface area contributed by atoms with Gasteiger partial charge in [0.05, 0.1) is 18.6 Å². The molecular weight excluding hydrogens is 352 g/mol. The third kappa shape index (κ3) is 4.00. The van der Waals surface area contributed by atoms with Crippen molar-refractivity contribution in [2.24, 2.45) is 0 Å². The molecule has 4 rings (SSSR count). The van der Waals surface area contributed by atoms with Crippen LogP contribution in [0.4, 0.5) is 5.82 Å². The van der Waals surface area contributed by atoms with Gasteiger partial charge in [0.2, 0.25) is 0 Å². The molecule has 1 saturated heterocycles. The van der Waals surface area contributed by atoms with E-state index in [4.69, 9.17) is 4.74 Å². The van der Waals surface area contributed by atoms with Crippen molar-refractivity contribution in [2.75, 3.05) is 44.7 Å². The lowest BCUT2D eigenvalue weighted by Gasteiger charge is -2.26. The zero-order chi connectivity index (χ0) is 19.3. The molecule has 0 aromatic carbocycles. The van der Waals surface area contributed by atoms with Crippen molar-refractivity contribution in [1.29, 1.82) is 0 Å². The van der Waals surface area contributed by atoms with E-state index in [-0.39, 0.29) is 0 Å². The number of rotatable bonds is 7. The first-order valence-corrected chi connectivity index (χ1v) is 9.97. The fourth-order valence-electron chi connectivity index (χ4n) is 3.80. The Morgan fingerprint density at radius 1 is 1.11 bits per heavy atom. The Bertz CT molecular complexity index is 918. The maximum atomic E-state index is 5.41. The van der Waals surface area contributed by atoms with Gasteiger partial charge in [0.1, 0.15) is 17.8 Å². The SMILES string of the molecule is Cc1c(C)n(Cc2ccncc2)c2ncnc(NCCCN3CCOCC3)c12. The summed E-state index contributed by atoms with van der Waals surface area (Å²) in [4.78, 5) is 15.7. The van der Waals surface area contributed by atoms with Gasteiger partial charge in [-0.1, -0.05) is 0 Å². The monoisotopic (exact) mass is 380 g/mol. The zero-order valence-corrected chi connectivity index (χ0v) is 16.7. The fourth-order valence-corrected chi connectivity index (χ4v) is 3.80. The molecule has 148 valence electrons. The van der Waals surface area contributed by atoms with Crippen LogP contribution >= 0.6 is 0 Å². The summed E-state index contributed by atoms with van der Waals surface area (Å²) >= 11 is 0. The van der Waals surface area contributed by atoms with E-state index >= 15 is 0 Å². The first-order chi connectivity index (χ1) is 13.7. The predicted molar refractivity (Wildman–Crippen MR) is 111 cm³/mol. The van der Waals surface area contributed by atoms with Crippen molar-refractivity contribution in [3.8, 4) is 0 Å². The van der Waals surface area contributed by atoms with Gasteiger partial charge in [-0.05, 0) is 50.1 Å². The summed E-state index contributed by atoms with van der Waals surface area (Å²) in [6, 6.07) is 4.10. The molecule has 0 atom stereocenters. The lowest BCUT2D eigenvalue weighted by Crippen LogP contribution is -2.37. The standard InChI is InChI=1S/C21H28N6O/c1-16-17(2)27(14-18-4-7-22-8-5-18)21-19(16)20(24-15-25-21)23-6-3-9-26-10-12-28-13-11-26/h4-5,7-8,15H,3,6,9-14H2,1-2H3,(H,23,24,25). The Kier molecular flexibility index (Phi) is 5.83. The van der Waals surface area contributed by atoms with Crippen LogP contribution < -0.4 is 5.32 Å². The highest BCUT2D eigenvalue weighted by Crippen LogP contribution is 2.29. The highest BCUT2D eigenvalue weighted by Gasteiger charge is 2.17. The Morgan fingerprint density at radius 3 is 2.68 bits per heavy atom. The number of anilines is 1. The van der Waals surface area contributed by atoms with Gasteiger partial charge in [-0.3, -0.25) is 9.88 Å². The van der Waals surface area contributed by atoms with Gasteiger partial charge in [-0.2, -0.15) is 0 Å². The van der Waals surface area contributed by atoms with Crippen molar-refractivity contribution >= 4 is 16.9 Å². The number of ether oxygens (including phenoxy) is 1. The number of pyridine rings is 1. The predicted octanol–water partition coefficient (Wildman–Crippen LogP) is 2.63. The zero-order valence-electron chi connectivity index (χ0n) is 16.7. The van der Waals surface area contributed by atoms with Crippen LogP contribution in [0.1, 0.15) is 23.2 Å². The van der Waals surface area contributed by atoms with Crippen LogP contribution in [0.25, 0.3) is 11.0 Å². The molecule has 0 spiro atoms. The molecule has 0 bridgehead atoms. The molecule has 1 N–H and O–H groups in total. The van der Waals surface area contributed by atoms with E-state index in [0.29, 0.717) is 0 Å². The molecule has 0 unspecified atom stereocenters. The summed E-state index contributed by atoms with van der Waals surface area (Å²) in [6.07, 6.45) is 6.41. The number of morpholine rings is 1. The molecule has 1 aliphatic rings. The second-order valence-electron chi connectivity index (χ2n) is 7.31. The third-order valence-corrected chi connectivity index (χ3v) is 5.54. The molecule has 4 heterocycles. The van der Waals surface area contributed by atoms with E-state index in [2.05, 4.69) is 43.6 Å². The number of nitrogens with zero attached hydrogens (tertiary/aromatic N) is 5. The van der Waals surface area contributed by atoms with E-state index < -0.39 is 0 Å². The quantitative estimate of drug-likeness (QED) is 0.636. The van der Waals surface area contributed by atoms with Gasteiger partial charge in [0, 0.05) is 44.3 Å². The van der Waals surface area contributed by atoms with Gasteiger partial charge in [-0.15, -0.1) is 0 Å². The van der Waals surface area contributed by atoms with Crippen LogP contribution in [0.5, 0.6) is 0 Å². The molecule has 1 aliphatic heterocycles. The smallest absolute Gasteiger partial charge is 0.146 e. The average molecular weight is 380 g/mol. The summed E-state index contributed by atoms with van der Waals surface area (Å²) in [5, 5.41) is 4.67. The van der Waals surface area contributed by atoms with Crippen molar-refractivity contribution < 1.29 is 4.74 Å². The third-order valence-electron chi connectivity index (χ3n) is 5.54. The van der Waals surface area contributed by atoms with Gasteiger partial charge in [-0.25, -0.2) is 9.97 Å². The van der Waals surface area contributed by atoms with Crippen LogP contribution in [0.15, 0.2) is 30.9 Å². The molecule has 0 aliphatic carbocycles. The molecule has 3 aromatic heterocycles. The Hall–Kier alpha value is -2.51. The largest absolute Gasteiger partial charge is 0.379 e. The van der Waals surface area contributed by atoms with Crippen LogP contribution in [0, 0.1) is 13.8 Å². The minimum absolute atomic E-state index is 0.784. The number of aryl methyl sites for hydroxylation is 1. The Morgan fingerprint density at radius 2 is 1.89 bits per heavy atom. The Balaban J connectivity index is 1.49. The normalized spacial score (nSPS) is 15.2. The maximum absolute atomic E-state index is 5.41. The average Bonchev–Trinajstić information content (AvgIpc) is 2.98. The number of hydrogen-bond donors (Lipinski definition) is 1.